The van der Waals surface area contributed by atoms with E-state index in [2.05, 4.69) is 32.8 Å². The van der Waals surface area contributed by atoms with Crippen LogP contribution in [0.1, 0.15) is 57.2 Å². The molecule has 0 radical (unpaired) electrons. The lowest BCUT2D eigenvalue weighted by atomic mass is 9.78. The van der Waals surface area contributed by atoms with Gasteiger partial charge in [0, 0.05) is 18.9 Å². The fraction of sp³-hybridized carbons (Fsp3) is 0.842. The van der Waals surface area contributed by atoms with Crippen LogP contribution in [-0.4, -0.2) is 46.0 Å². The van der Waals surface area contributed by atoms with Crippen molar-refractivity contribution in [1.29, 1.82) is 0 Å². The smallest absolute Gasteiger partial charge is 0.174 e. The van der Waals surface area contributed by atoms with Crippen LogP contribution in [0, 0.1) is 17.8 Å². The van der Waals surface area contributed by atoms with E-state index >= 15 is 0 Å². The van der Waals surface area contributed by atoms with Gasteiger partial charge in [-0.05, 0) is 50.4 Å². The maximum Gasteiger partial charge on any atom is 0.174 e. The minimum atomic E-state index is 0.436. The van der Waals surface area contributed by atoms with Crippen molar-refractivity contribution < 1.29 is 9.47 Å². The molecule has 1 aromatic heterocycles. The number of nitrogens with one attached hydrogen (secondary N) is 1. The topological polar surface area (TPSA) is 72.9 Å². The Labute approximate surface area is 149 Å². The van der Waals surface area contributed by atoms with Crippen LogP contribution in [0.25, 0.3) is 0 Å². The number of hydrogen-bond donors (Lipinski definition) is 1. The minimum Gasteiger partial charge on any atom is -0.381 e. The van der Waals surface area contributed by atoms with Gasteiger partial charge in [0.05, 0.1) is 18.8 Å². The van der Waals surface area contributed by atoms with Crippen LogP contribution in [0.5, 0.6) is 0 Å². The lowest BCUT2D eigenvalue weighted by molar-refractivity contribution is 0.0351. The van der Waals surface area contributed by atoms with Gasteiger partial charge in [0.2, 0.25) is 0 Å². The molecule has 3 heterocycles. The summed E-state index contributed by atoms with van der Waals surface area (Å²) in [5.74, 6) is 2.81. The van der Waals surface area contributed by atoms with Gasteiger partial charge in [0.25, 0.3) is 0 Å². The van der Waals surface area contributed by atoms with E-state index in [-0.39, 0.29) is 0 Å². The fourth-order valence-electron chi connectivity index (χ4n) is 4.85. The van der Waals surface area contributed by atoms with Gasteiger partial charge in [-0.2, -0.15) is 5.21 Å². The third kappa shape index (κ3) is 4.29. The number of hydrogen-bond acceptors (Lipinski definition) is 5. The van der Waals surface area contributed by atoms with Crippen molar-refractivity contribution in [3.8, 4) is 0 Å². The molecule has 0 spiro atoms. The second kappa shape index (κ2) is 8.41. The Morgan fingerprint density at radius 2 is 1.88 bits per heavy atom. The molecular weight excluding hydrogens is 316 g/mol. The Balaban J connectivity index is 1.21. The second-order valence-electron chi connectivity index (χ2n) is 7.88. The third-order valence-electron chi connectivity index (χ3n) is 6.23. The zero-order chi connectivity index (χ0) is 16.9. The molecule has 4 atom stereocenters. The monoisotopic (exact) mass is 346 g/mol. The molecule has 1 aliphatic carbocycles. The number of allylic oxidation sites excluding steroid dienone is 2. The maximum atomic E-state index is 6.19. The Kier molecular flexibility index (Phi) is 5.77. The Morgan fingerprint density at radius 1 is 1.04 bits per heavy atom. The van der Waals surface area contributed by atoms with Gasteiger partial charge in [-0.25, -0.2) is 0 Å². The van der Waals surface area contributed by atoms with Crippen LogP contribution >= 0.6 is 0 Å². The minimum absolute atomic E-state index is 0.436. The Bertz CT molecular complexity index is 542. The van der Waals surface area contributed by atoms with E-state index in [1.54, 1.807) is 0 Å². The average Bonchev–Trinajstić information content (AvgIpc) is 3.41. The first-order chi connectivity index (χ1) is 12.4. The summed E-state index contributed by atoms with van der Waals surface area (Å²) in [5.41, 5.74) is 0. The molecule has 2 bridgehead atoms. The van der Waals surface area contributed by atoms with E-state index < -0.39 is 0 Å². The summed E-state index contributed by atoms with van der Waals surface area (Å²) >= 11 is 0. The molecule has 1 N–H and O–H groups in total. The summed E-state index contributed by atoms with van der Waals surface area (Å²) in [7, 11) is 0. The summed E-state index contributed by atoms with van der Waals surface area (Å²) in [6.07, 6.45) is 16.3. The van der Waals surface area contributed by atoms with Crippen molar-refractivity contribution >= 4 is 0 Å². The van der Waals surface area contributed by atoms with Gasteiger partial charge in [-0.1, -0.05) is 30.2 Å². The predicted octanol–water partition coefficient (Wildman–Crippen LogP) is 3.08. The van der Waals surface area contributed by atoms with Crippen molar-refractivity contribution in [2.75, 3.05) is 13.2 Å². The van der Waals surface area contributed by atoms with E-state index in [0.717, 1.165) is 44.2 Å². The summed E-state index contributed by atoms with van der Waals surface area (Å²) in [5, 5.41) is 14.0. The molecule has 138 valence electrons. The molecule has 6 nitrogen and oxygen atoms in total. The third-order valence-corrected chi connectivity index (χ3v) is 6.23. The van der Waals surface area contributed by atoms with Crippen LogP contribution in [0.4, 0.5) is 0 Å². The molecular formula is C19H30N4O2. The first-order valence-electron chi connectivity index (χ1n) is 10.0. The van der Waals surface area contributed by atoms with Crippen molar-refractivity contribution in [1.82, 2.24) is 20.6 Å². The lowest BCUT2D eigenvalue weighted by Gasteiger charge is -2.27. The normalized spacial score (nSPS) is 32.3. The molecule has 2 saturated heterocycles. The molecule has 1 saturated carbocycles. The number of tetrazole rings is 1. The molecule has 0 amide bonds. The van der Waals surface area contributed by atoms with E-state index in [4.69, 9.17) is 9.47 Å². The zero-order valence-corrected chi connectivity index (χ0v) is 15.0. The van der Waals surface area contributed by atoms with Gasteiger partial charge in [0.1, 0.15) is 0 Å². The molecule has 0 unspecified atom stereocenters. The summed E-state index contributed by atoms with van der Waals surface area (Å²) in [6.45, 7) is 1.85. The highest BCUT2D eigenvalue weighted by atomic mass is 16.5. The van der Waals surface area contributed by atoms with E-state index in [1.165, 1.54) is 38.5 Å². The molecule has 4 rings (SSSR count). The molecule has 2 aliphatic heterocycles. The highest BCUT2D eigenvalue weighted by molar-refractivity contribution is 5.00. The van der Waals surface area contributed by atoms with Gasteiger partial charge in [0.15, 0.2) is 5.82 Å². The number of nitrogens with zero attached hydrogens (tertiary/aromatic N) is 3. The van der Waals surface area contributed by atoms with Crippen molar-refractivity contribution in [2.24, 2.45) is 17.8 Å². The van der Waals surface area contributed by atoms with Crippen LogP contribution in [0.15, 0.2) is 12.2 Å². The van der Waals surface area contributed by atoms with Gasteiger partial charge in [-0.15, -0.1) is 10.2 Å². The standard InChI is InChI=1S/C19H30N4O2/c1(3-9-19-20-22-23-21-19)2-8-15-16(18-11-10-17(15)25-18)13-24-12-14-6-4-5-7-14/h1-2,14-18H,3-13H2,(H,20,21,22,23)/t15-,16+,17-,18+/m1/s1. The Hall–Kier alpha value is -1.27. The van der Waals surface area contributed by atoms with Crippen molar-refractivity contribution in [3.63, 3.8) is 0 Å². The maximum absolute atomic E-state index is 6.19. The summed E-state index contributed by atoms with van der Waals surface area (Å²) in [4.78, 5) is 0. The molecule has 1 aromatic rings. The number of aryl methyl sites for hydroxylation is 1. The number of aromatic amines is 1. The number of H-pyrrole nitrogens is 1. The van der Waals surface area contributed by atoms with Crippen LogP contribution in [0.3, 0.4) is 0 Å². The highest BCUT2D eigenvalue weighted by Crippen LogP contribution is 2.45. The van der Waals surface area contributed by atoms with E-state index in [1.807, 2.05) is 0 Å². The first-order valence-corrected chi connectivity index (χ1v) is 10.0. The van der Waals surface area contributed by atoms with Crippen molar-refractivity contribution in [3.05, 3.63) is 18.0 Å². The first kappa shape index (κ1) is 17.2. The highest BCUT2D eigenvalue weighted by Gasteiger charge is 2.48. The number of aromatic nitrogens is 4. The van der Waals surface area contributed by atoms with Crippen LogP contribution in [0.2, 0.25) is 0 Å². The lowest BCUT2D eigenvalue weighted by Crippen LogP contribution is -2.31. The van der Waals surface area contributed by atoms with Crippen LogP contribution < -0.4 is 0 Å². The molecule has 0 aromatic carbocycles. The quantitative estimate of drug-likeness (QED) is 0.696. The predicted molar refractivity (Wildman–Crippen MR) is 93.9 cm³/mol. The number of fused-ring (bicyclic) bond motifs is 2. The SMILES string of the molecule is C(=CC[C@@H]1[C@H](COCC2CCCC2)[C@@H]2CC[C@H]1O2)CCc1nn[nH]n1. The second-order valence-corrected chi connectivity index (χ2v) is 7.88. The molecule has 3 fully saturated rings. The zero-order valence-electron chi connectivity index (χ0n) is 15.0. The molecule has 3 aliphatic rings. The van der Waals surface area contributed by atoms with Gasteiger partial charge < -0.3 is 9.47 Å². The fourth-order valence-corrected chi connectivity index (χ4v) is 4.85. The van der Waals surface area contributed by atoms with Crippen molar-refractivity contribution in [2.45, 2.75) is 70.0 Å². The summed E-state index contributed by atoms with van der Waals surface area (Å²) < 4.78 is 12.3. The van der Waals surface area contributed by atoms with Gasteiger partial charge in [-0.3, -0.25) is 0 Å². The number of rotatable bonds is 9. The number of ether oxygens (including phenoxy) is 2. The average molecular weight is 346 g/mol. The van der Waals surface area contributed by atoms with E-state index in [0.29, 0.717) is 24.0 Å². The largest absolute Gasteiger partial charge is 0.381 e. The van der Waals surface area contributed by atoms with E-state index in [9.17, 15) is 0 Å². The Morgan fingerprint density at radius 3 is 2.68 bits per heavy atom. The molecule has 25 heavy (non-hydrogen) atoms. The summed E-state index contributed by atoms with van der Waals surface area (Å²) in [6, 6.07) is 0. The molecule has 6 heteroatoms. The van der Waals surface area contributed by atoms with Crippen LogP contribution in [-0.2, 0) is 15.9 Å². The van der Waals surface area contributed by atoms with Gasteiger partial charge >= 0.3 is 0 Å².